The molecule has 2 nitrogen and oxygen atoms in total. The second-order valence-electron chi connectivity index (χ2n) is 5.53. The van der Waals surface area contributed by atoms with Gasteiger partial charge in [0.05, 0.1) is 0 Å². The van der Waals surface area contributed by atoms with Gasteiger partial charge >= 0.3 is 0 Å². The van der Waals surface area contributed by atoms with E-state index in [0.29, 0.717) is 0 Å². The van der Waals surface area contributed by atoms with Crippen LogP contribution in [0.3, 0.4) is 0 Å². The van der Waals surface area contributed by atoms with Gasteiger partial charge in [-0.05, 0) is 38.1 Å². The molecule has 0 N–H and O–H groups in total. The van der Waals surface area contributed by atoms with Gasteiger partial charge in [-0.2, -0.15) is 0 Å². The Morgan fingerprint density at radius 1 is 1.05 bits per heavy atom. The summed E-state index contributed by atoms with van der Waals surface area (Å²) in [6, 6.07) is 15.8. The number of carbonyl (C=O) groups excluding carboxylic acids is 1. The number of nitrogens with zero attached hydrogens (tertiary/aromatic N) is 1. The van der Waals surface area contributed by atoms with E-state index in [1.807, 2.05) is 43.3 Å². The predicted octanol–water partition coefficient (Wildman–Crippen LogP) is 3.43. The number of rotatable bonds is 4. The second-order valence-corrected chi connectivity index (χ2v) is 5.53. The number of carbonyl (C=O) groups is 1. The standard InChI is InChI=1S/C18H19NO/c1-14-4-2-5-17(12-14)18(20)16-8-6-15(7-9-16)13-19-10-3-11-19/h2,4-9,12H,3,10-11,13H2,1H3. The molecule has 2 heteroatoms. The van der Waals surface area contributed by atoms with Crippen molar-refractivity contribution >= 4 is 5.78 Å². The molecule has 2 aromatic rings. The number of ketones is 1. The predicted molar refractivity (Wildman–Crippen MR) is 80.9 cm³/mol. The molecule has 1 heterocycles. The Kier molecular flexibility index (Phi) is 3.66. The Hall–Kier alpha value is -1.93. The van der Waals surface area contributed by atoms with Crippen LogP contribution < -0.4 is 0 Å². The van der Waals surface area contributed by atoms with Crippen molar-refractivity contribution in [3.05, 3.63) is 70.8 Å². The molecule has 1 saturated heterocycles. The van der Waals surface area contributed by atoms with Crippen LogP contribution >= 0.6 is 0 Å². The largest absolute Gasteiger partial charge is 0.299 e. The Labute approximate surface area is 120 Å². The van der Waals surface area contributed by atoms with Crippen molar-refractivity contribution in [3.63, 3.8) is 0 Å². The summed E-state index contributed by atoms with van der Waals surface area (Å²) >= 11 is 0. The third-order valence-electron chi connectivity index (χ3n) is 3.85. The molecule has 3 rings (SSSR count). The number of likely N-dealkylation sites (tertiary alicyclic amines) is 1. The maximum atomic E-state index is 12.4. The van der Waals surface area contributed by atoms with Gasteiger partial charge in [-0.25, -0.2) is 0 Å². The van der Waals surface area contributed by atoms with E-state index in [-0.39, 0.29) is 5.78 Å². The van der Waals surface area contributed by atoms with Crippen LogP contribution in [-0.2, 0) is 6.54 Å². The van der Waals surface area contributed by atoms with Crippen LogP contribution in [0.4, 0.5) is 0 Å². The second kappa shape index (κ2) is 5.59. The Bertz CT molecular complexity index is 612. The van der Waals surface area contributed by atoms with Gasteiger partial charge in [-0.15, -0.1) is 0 Å². The van der Waals surface area contributed by atoms with Crippen molar-refractivity contribution in [2.45, 2.75) is 19.9 Å². The van der Waals surface area contributed by atoms with Gasteiger partial charge in [-0.3, -0.25) is 9.69 Å². The fourth-order valence-electron chi connectivity index (χ4n) is 2.51. The van der Waals surface area contributed by atoms with Crippen molar-refractivity contribution in [2.75, 3.05) is 13.1 Å². The zero-order valence-corrected chi connectivity index (χ0v) is 11.8. The van der Waals surface area contributed by atoms with Gasteiger partial charge in [0.25, 0.3) is 0 Å². The molecule has 0 aromatic heterocycles. The van der Waals surface area contributed by atoms with Crippen LogP contribution in [0.25, 0.3) is 0 Å². The molecule has 102 valence electrons. The molecule has 0 saturated carbocycles. The molecule has 0 spiro atoms. The molecule has 0 aliphatic carbocycles. The highest BCUT2D eigenvalue weighted by molar-refractivity contribution is 6.09. The van der Waals surface area contributed by atoms with Gasteiger partial charge < -0.3 is 0 Å². The summed E-state index contributed by atoms with van der Waals surface area (Å²) in [6.07, 6.45) is 1.31. The highest BCUT2D eigenvalue weighted by Gasteiger charge is 2.14. The number of hydrogen-bond donors (Lipinski definition) is 0. The molecule has 1 aliphatic rings. The van der Waals surface area contributed by atoms with Crippen molar-refractivity contribution in [1.29, 1.82) is 0 Å². The highest BCUT2D eigenvalue weighted by atomic mass is 16.1. The van der Waals surface area contributed by atoms with Crippen LogP contribution in [0.2, 0.25) is 0 Å². The summed E-state index contributed by atoms with van der Waals surface area (Å²) in [5.74, 6) is 0.101. The van der Waals surface area contributed by atoms with E-state index in [9.17, 15) is 4.79 Å². The molecular weight excluding hydrogens is 246 g/mol. The minimum atomic E-state index is 0.101. The maximum absolute atomic E-state index is 12.4. The third-order valence-corrected chi connectivity index (χ3v) is 3.85. The number of aryl methyl sites for hydroxylation is 1. The average molecular weight is 265 g/mol. The Balaban J connectivity index is 1.74. The van der Waals surface area contributed by atoms with E-state index < -0.39 is 0 Å². The van der Waals surface area contributed by atoms with Crippen molar-refractivity contribution < 1.29 is 4.79 Å². The highest BCUT2D eigenvalue weighted by Crippen LogP contribution is 2.15. The molecule has 0 amide bonds. The summed E-state index contributed by atoms with van der Waals surface area (Å²) in [7, 11) is 0. The fourth-order valence-corrected chi connectivity index (χ4v) is 2.51. The van der Waals surface area contributed by atoms with Crippen LogP contribution in [0.15, 0.2) is 48.5 Å². The zero-order valence-electron chi connectivity index (χ0n) is 11.8. The summed E-state index contributed by atoms with van der Waals surface area (Å²) < 4.78 is 0. The molecule has 1 aliphatic heterocycles. The van der Waals surface area contributed by atoms with Gasteiger partial charge in [0.2, 0.25) is 0 Å². The van der Waals surface area contributed by atoms with E-state index in [0.717, 1.165) is 23.2 Å². The summed E-state index contributed by atoms with van der Waals surface area (Å²) in [4.78, 5) is 14.8. The van der Waals surface area contributed by atoms with Gasteiger partial charge in [0.15, 0.2) is 5.78 Å². The summed E-state index contributed by atoms with van der Waals surface area (Å²) in [5, 5.41) is 0. The lowest BCUT2D eigenvalue weighted by atomic mass is 10.0. The first-order chi connectivity index (χ1) is 9.72. The average Bonchev–Trinajstić information content (AvgIpc) is 2.43. The Morgan fingerprint density at radius 3 is 2.40 bits per heavy atom. The monoisotopic (exact) mass is 265 g/mol. The molecular formula is C18H19NO. The number of hydrogen-bond acceptors (Lipinski definition) is 2. The lowest BCUT2D eigenvalue weighted by Crippen LogP contribution is -2.36. The van der Waals surface area contributed by atoms with E-state index in [4.69, 9.17) is 0 Å². The molecule has 2 aromatic carbocycles. The lowest BCUT2D eigenvalue weighted by molar-refractivity contribution is 0.103. The molecule has 0 bridgehead atoms. The molecule has 0 radical (unpaired) electrons. The maximum Gasteiger partial charge on any atom is 0.193 e. The quantitative estimate of drug-likeness (QED) is 0.789. The first-order valence-corrected chi connectivity index (χ1v) is 7.15. The van der Waals surface area contributed by atoms with E-state index in [2.05, 4.69) is 17.0 Å². The SMILES string of the molecule is Cc1cccc(C(=O)c2ccc(CN3CCC3)cc2)c1. The van der Waals surface area contributed by atoms with Crippen LogP contribution in [0.5, 0.6) is 0 Å². The normalized spacial score (nSPS) is 14.8. The Morgan fingerprint density at radius 2 is 1.80 bits per heavy atom. The van der Waals surface area contributed by atoms with Crippen LogP contribution in [0.1, 0.15) is 33.5 Å². The third kappa shape index (κ3) is 2.81. The minimum Gasteiger partial charge on any atom is -0.299 e. The van der Waals surface area contributed by atoms with Crippen molar-refractivity contribution in [3.8, 4) is 0 Å². The van der Waals surface area contributed by atoms with E-state index in [1.54, 1.807) is 0 Å². The zero-order chi connectivity index (χ0) is 13.9. The van der Waals surface area contributed by atoms with Gasteiger partial charge in [-0.1, -0.05) is 48.0 Å². The minimum absolute atomic E-state index is 0.101. The molecule has 0 atom stereocenters. The van der Waals surface area contributed by atoms with Gasteiger partial charge in [0, 0.05) is 17.7 Å². The smallest absolute Gasteiger partial charge is 0.193 e. The summed E-state index contributed by atoms with van der Waals surface area (Å²) in [5.41, 5.74) is 3.93. The molecule has 1 fully saturated rings. The van der Waals surface area contributed by atoms with Crippen molar-refractivity contribution in [1.82, 2.24) is 4.90 Å². The van der Waals surface area contributed by atoms with E-state index in [1.165, 1.54) is 25.1 Å². The topological polar surface area (TPSA) is 20.3 Å². The van der Waals surface area contributed by atoms with Crippen LogP contribution in [-0.4, -0.2) is 23.8 Å². The van der Waals surface area contributed by atoms with Crippen LogP contribution in [0, 0.1) is 6.92 Å². The molecule has 20 heavy (non-hydrogen) atoms. The first-order valence-electron chi connectivity index (χ1n) is 7.15. The first kappa shape index (κ1) is 13.1. The molecule has 0 unspecified atom stereocenters. The fraction of sp³-hybridized carbons (Fsp3) is 0.278. The van der Waals surface area contributed by atoms with Gasteiger partial charge in [0.1, 0.15) is 0 Å². The van der Waals surface area contributed by atoms with E-state index >= 15 is 0 Å². The number of benzene rings is 2. The van der Waals surface area contributed by atoms with Crippen molar-refractivity contribution in [2.24, 2.45) is 0 Å². The summed E-state index contributed by atoms with van der Waals surface area (Å²) in [6.45, 7) is 5.40. The lowest BCUT2D eigenvalue weighted by Gasteiger charge is -2.30.